The Kier molecular flexibility index (Phi) is 6.05. The quantitative estimate of drug-likeness (QED) is 0.642. The fourth-order valence-corrected chi connectivity index (χ4v) is 5.68. The second-order valence-corrected chi connectivity index (χ2v) is 11.8. The molecule has 7 heteroatoms. The lowest BCUT2D eigenvalue weighted by atomic mass is 10.1. The highest BCUT2D eigenvalue weighted by molar-refractivity contribution is 7.91. The molecule has 3 fully saturated rings. The second kappa shape index (κ2) is 8.96. The fourth-order valence-electron chi connectivity index (χ4n) is 4.40. The van der Waals surface area contributed by atoms with E-state index in [1.54, 1.807) is 0 Å². The normalized spacial score (nSPS) is 24.8. The van der Waals surface area contributed by atoms with Crippen LogP contribution in [0.5, 0.6) is 0 Å². The van der Waals surface area contributed by atoms with E-state index >= 15 is 0 Å². The Hall–Kier alpha value is -2.22. The highest BCUT2D eigenvalue weighted by Crippen LogP contribution is 2.41. The predicted molar refractivity (Wildman–Crippen MR) is 127 cm³/mol. The van der Waals surface area contributed by atoms with E-state index in [-0.39, 0.29) is 17.4 Å². The van der Waals surface area contributed by atoms with Gasteiger partial charge in [-0.25, -0.2) is 8.42 Å². The lowest BCUT2D eigenvalue weighted by Gasteiger charge is -2.26. The van der Waals surface area contributed by atoms with E-state index in [0.717, 1.165) is 36.7 Å². The maximum Gasteiger partial charge on any atom is 0.255 e. The molecule has 2 aromatic rings. The summed E-state index contributed by atoms with van der Waals surface area (Å²) in [6.07, 6.45) is 3.88. The van der Waals surface area contributed by atoms with Crippen molar-refractivity contribution in [2.75, 3.05) is 36.5 Å². The first-order valence-corrected chi connectivity index (χ1v) is 13.4. The van der Waals surface area contributed by atoms with Crippen LogP contribution in [-0.2, 0) is 16.4 Å². The van der Waals surface area contributed by atoms with Gasteiger partial charge in [0.25, 0.3) is 5.91 Å². The number of nitrogens with zero attached hydrogens (tertiary/aromatic N) is 1. The molecule has 0 aromatic heterocycles. The number of sulfone groups is 1. The molecular weight excluding hydrogens is 422 g/mol. The van der Waals surface area contributed by atoms with Gasteiger partial charge in [0.2, 0.25) is 0 Å². The zero-order valence-electron chi connectivity index (χ0n) is 18.3. The Morgan fingerprint density at radius 1 is 1.03 bits per heavy atom. The topological polar surface area (TPSA) is 78.5 Å². The van der Waals surface area contributed by atoms with Gasteiger partial charge in [0, 0.05) is 42.8 Å². The highest BCUT2D eigenvalue weighted by Gasteiger charge is 2.39. The first-order chi connectivity index (χ1) is 15.4. The van der Waals surface area contributed by atoms with Crippen LogP contribution in [-0.4, -0.2) is 56.4 Å². The van der Waals surface area contributed by atoms with Crippen molar-refractivity contribution in [2.45, 2.75) is 37.8 Å². The molecule has 2 saturated carbocycles. The van der Waals surface area contributed by atoms with Gasteiger partial charge in [-0.3, -0.25) is 9.69 Å². The van der Waals surface area contributed by atoms with Crippen LogP contribution in [0.15, 0.2) is 48.5 Å². The lowest BCUT2D eigenvalue weighted by molar-refractivity contribution is 0.102. The van der Waals surface area contributed by atoms with Crippen LogP contribution in [0.1, 0.15) is 46.7 Å². The average Bonchev–Trinajstić information content (AvgIpc) is 3.70. The molecular formula is C25H31N3O3S. The van der Waals surface area contributed by atoms with Crippen LogP contribution < -0.4 is 10.6 Å². The van der Waals surface area contributed by atoms with Gasteiger partial charge in [-0.2, -0.15) is 0 Å². The summed E-state index contributed by atoms with van der Waals surface area (Å²) in [5.41, 5.74) is 3.81. The monoisotopic (exact) mass is 453 g/mol. The van der Waals surface area contributed by atoms with E-state index in [1.807, 2.05) is 42.5 Å². The summed E-state index contributed by atoms with van der Waals surface area (Å²) in [5.74, 6) is 1.78. The highest BCUT2D eigenvalue weighted by atomic mass is 32.2. The molecule has 32 heavy (non-hydrogen) atoms. The maximum atomic E-state index is 12.8. The first kappa shape index (κ1) is 21.6. The van der Waals surface area contributed by atoms with Crippen molar-refractivity contribution < 1.29 is 13.2 Å². The van der Waals surface area contributed by atoms with Crippen molar-refractivity contribution in [1.82, 2.24) is 10.2 Å². The van der Waals surface area contributed by atoms with Gasteiger partial charge in [-0.15, -0.1) is 0 Å². The molecule has 0 spiro atoms. The molecule has 1 amide bonds. The van der Waals surface area contributed by atoms with Gasteiger partial charge in [0.15, 0.2) is 9.84 Å². The molecule has 1 heterocycles. The minimum absolute atomic E-state index is 0.0935. The third-order valence-electron chi connectivity index (χ3n) is 6.79. The summed E-state index contributed by atoms with van der Waals surface area (Å²) in [6, 6.07) is 16.4. The molecule has 2 atom stereocenters. The number of carbonyl (C=O) groups excluding carboxylic acids is 1. The van der Waals surface area contributed by atoms with E-state index in [4.69, 9.17) is 0 Å². The summed E-state index contributed by atoms with van der Waals surface area (Å²) < 4.78 is 23.2. The van der Waals surface area contributed by atoms with Crippen LogP contribution in [0.2, 0.25) is 0 Å². The van der Waals surface area contributed by atoms with Gasteiger partial charge in [-0.05, 0) is 67.1 Å². The molecule has 0 unspecified atom stereocenters. The molecule has 0 radical (unpaired) electrons. The summed E-state index contributed by atoms with van der Waals surface area (Å²) in [5, 5.41) is 6.66. The van der Waals surface area contributed by atoms with Gasteiger partial charge in [-0.1, -0.05) is 24.3 Å². The van der Waals surface area contributed by atoms with E-state index in [0.29, 0.717) is 30.6 Å². The third-order valence-corrected chi connectivity index (χ3v) is 8.40. The van der Waals surface area contributed by atoms with Gasteiger partial charge in [0.1, 0.15) is 0 Å². The molecule has 3 aliphatic rings. The lowest BCUT2D eigenvalue weighted by Crippen LogP contribution is -2.39. The Morgan fingerprint density at radius 3 is 2.50 bits per heavy atom. The van der Waals surface area contributed by atoms with Crippen LogP contribution in [0.25, 0.3) is 0 Å². The maximum absolute atomic E-state index is 12.8. The molecule has 1 saturated heterocycles. The Balaban J connectivity index is 1.14. The van der Waals surface area contributed by atoms with Crippen LogP contribution in [0, 0.1) is 5.92 Å². The number of amides is 1. The largest absolute Gasteiger partial charge is 0.322 e. The van der Waals surface area contributed by atoms with Gasteiger partial charge in [0.05, 0.1) is 11.5 Å². The van der Waals surface area contributed by atoms with Gasteiger partial charge >= 0.3 is 0 Å². The number of benzene rings is 2. The predicted octanol–water partition coefficient (Wildman–Crippen LogP) is 3.02. The number of hydrogen-bond acceptors (Lipinski definition) is 5. The smallest absolute Gasteiger partial charge is 0.255 e. The first-order valence-electron chi connectivity index (χ1n) is 11.6. The van der Waals surface area contributed by atoms with Crippen molar-refractivity contribution >= 4 is 21.4 Å². The van der Waals surface area contributed by atoms with E-state index < -0.39 is 9.84 Å². The van der Waals surface area contributed by atoms with Crippen molar-refractivity contribution in [3.63, 3.8) is 0 Å². The summed E-state index contributed by atoms with van der Waals surface area (Å²) in [7, 11) is -2.86. The van der Waals surface area contributed by atoms with Gasteiger partial charge < -0.3 is 10.6 Å². The molecule has 2 aliphatic carbocycles. The standard InChI is InChI=1S/C25H31N3O3S/c29-25(21-3-1-2-20(14-21)23-15-24(23)26-16-18-4-5-18)27-22-8-6-19(7-9-22)17-28-10-12-32(30,31)13-11-28/h1-3,6-9,14,18,23-24,26H,4-5,10-13,15-17H2,(H,27,29)/t23-,24+/m0/s1. The van der Waals surface area contributed by atoms with Crippen LogP contribution >= 0.6 is 0 Å². The number of hydrogen-bond donors (Lipinski definition) is 2. The summed E-state index contributed by atoms with van der Waals surface area (Å²) in [6.45, 7) is 3.02. The third kappa shape index (κ3) is 5.57. The zero-order chi connectivity index (χ0) is 22.1. The minimum Gasteiger partial charge on any atom is -0.322 e. The SMILES string of the molecule is O=C(Nc1ccc(CN2CCS(=O)(=O)CC2)cc1)c1cccc([C@@H]2C[C@H]2NCC2CC2)c1. The van der Waals surface area contributed by atoms with E-state index in [9.17, 15) is 13.2 Å². The number of nitrogens with one attached hydrogen (secondary N) is 2. The molecule has 6 nitrogen and oxygen atoms in total. The second-order valence-electron chi connectivity index (χ2n) is 9.50. The van der Waals surface area contributed by atoms with Crippen LogP contribution in [0.4, 0.5) is 5.69 Å². The average molecular weight is 454 g/mol. The van der Waals surface area contributed by atoms with Crippen molar-refractivity contribution in [2.24, 2.45) is 5.92 Å². The van der Waals surface area contributed by atoms with Crippen molar-refractivity contribution in [1.29, 1.82) is 0 Å². The molecule has 5 rings (SSSR count). The Bertz CT molecular complexity index is 1070. The molecule has 1 aliphatic heterocycles. The Labute approximate surface area is 190 Å². The van der Waals surface area contributed by atoms with Crippen molar-refractivity contribution in [3.8, 4) is 0 Å². The van der Waals surface area contributed by atoms with Crippen LogP contribution in [0.3, 0.4) is 0 Å². The molecule has 0 bridgehead atoms. The molecule has 2 aromatic carbocycles. The minimum atomic E-state index is -2.86. The molecule has 170 valence electrons. The number of rotatable bonds is 8. The van der Waals surface area contributed by atoms with E-state index in [1.165, 1.54) is 18.4 Å². The molecule has 2 N–H and O–H groups in total. The Morgan fingerprint density at radius 2 is 1.78 bits per heavy atom. The zero-order valence-corrected chi connectivity index (χ0v) is 19.1. The summed E-state index contributed by atoms with van der Waals surface area (Å²) in [4.78, 5) is 14.9. The number of carbonyl (C=O) groups is 1. The fraction of sp³-hybridized carbons (Fsp3) is 0.480. The van der Waals surface area contributed by atoms with E-state index in [2.05, 4.69) is 21.6 Å². The summed E-state index contributed by atoms with van der Waals surface area (Å²) >= 11 is 0. The number of anilines is 1. The van der Waals surface area contributed by atoms with Crippen molar-refractivity contribution in [3.05, 3.63) is 65.2 Å².